The number of aromatic nitrogens is 6. The van der Waals surface area contributed by atoms with Gasteiger partial charge in [0.1, 0.15) is 23.1 Å². The molecule has 2 saturated carbocycles. The molecule has 0 radical (unpaired) electrons. The van der Waals surface area contributed by atoms with Crippen molar-refractivity contribution in [2.24, 2.45) is 0 Å². The first-order valence-corrected chi connectivity index (χ1v) is 39.5. The number of phenolic OH excluding ortho intramolecular Hbond substituents is 2. The van der Waals surface area contributed by atoms with Crippen molar-refractivity contribution in [1.29, 1.82) is 0 Å². The Morgan fingerprint density at radius 3 is 0.944 bits per heavy atom. The van der Waals surface area contributed by atoms with Gasteiger partial charge in [0.25, 0.3) is 0 Å². The van der Waals surface area contributed by atoms with E-state index in [9.17, 15) is 10.2 Å². The Balaban J connectivity index is 0.00000580. The molecular weight excluding hydrogens is 1680 g/mol. The Kier molecular flexibility index (Phi) is 22.5. The zero-order chi connectivity index (χ0) is 76.5. The number of phenols is 2. The van der Waals surface area contributed by atoms with Gasteiger partial charge in [0.15, 0.2) is 0 Å². The van der Waals surface area contributed by atoms with E-state index in [-0.39, 0.29) is 96.9 Å². The van der Waals surface area contributed by atoms with Crippen LogP contribution in [0.2, 0.25) is 0 Å². The Labute approximate surface area is 675 Å². The summed E-state index contributed by atoms with van der Waals surface area (Å²) < 4.78 is 4.65. The van der Waals surface area contributed by atoms with Crippen LogP contribution < -0.4 is 0 Å². The molecule has 8 nitrogen and oxygen atoms in total. The molecule has 10 heteroatoms. The van der Waals surface area contributed by atoms with Gasteiger partial charge in [-0.1, -0.05) is 282 Å². The molecule has 2 fully saturated rings. The Hall–Kier alpha value is -7.24. The minimum Gasteiger partial charge on any atom is -0.507 e. The first kappa shape index (κ1) is 81.7. The first-order valence-electron chi connectivity index (χ1n) is 39.5. The molecule has 3 heterocycles. The molecule has 0 spiro atoms. The third kappa shape index (κ3) is 16.6. The number of para-hydroxylation sites is 2. The third-order valence-corrected chi connectivity index (χ3v) is 23.0. The summed E-state index contributed by atoms with van der Waals surface area (Å²) in [6.07, 6.45) is 13.4. The van der Waals surface area contributed by atoms with E-state index < -0.39 is 0 Å². The van der Waals surface area contributed by atoms with Crippen molar-refractivity contribution in [3.8, 4) is 90.4 Å². The summed E-state index contributed by atoms with van der Waals surface area (Å²) in [5.41, 5.74) is 24.1. The van der Waals surface area contributed by atoms with E-state index in [4.69, 9.17) is 19.9 Å². The van der Waals surface area contributed by atoms with Gasteiger partial charge in [-0.2, -0.15) is 0 Å². The molecule has 2 aliphatic carbocycles. The third-order valence-electron chi connectivity index (χ3n) is 23.0. The van der Waals surface area contributed by atoms with E-state index in [2.05, 4.69) is 315 Å². The Morgan fingerprint density at radius 2 is 0.639 bits per heavy atom. The van der Waals surface area contributed by atoms with Crippen LogP contribution in [0.4, 0.5) is 0 Å². The number of nitrogens with zero attached hydrogens (tertiary/aromatic N) is 6. The van der Waals surface area contributed by atoms with Crippen LogP contribution in [-0.4, -0.2) is 39.3 Å². The van der Waals surface area contributed by atoms with Crippen LogP contribution in [0.15, 0.2) is 134 Å². The second-order valence-electron chi connectivity index (χ2n) is 39.7. The minimum atomic E-state index is -0.358. The second-order valence-corrected chi connectivity index (χ2v) is 39.7. The summed E-state index contributed by atoms with van der Waals surface area (Å²) in [7, 11) is 0. The predicted octanol–water partition coefficient (Wildman–Crippen LogP) is 26.6. The van der Waals surface area contributed by atoms with Crippen molar-refractivity contribution in [3.63, 3.8) is 0 Å². The van der Waals surface area contributed by atoms with E-state index in [0.717, 1.165) is 126 Å². The van der Waals surface area contributed by atoms with Crippen LogP contribution in [0.25, 0.3) is 101 Å². The molecule has 0 saturated heterocycles. The molecule has 0 atom stereocenters. The van der Waals surface area contributed by atoms with Crippen molar-refractivity contribution >= 4 is 22.1 Å². The largest absolute Gasteiger partial charge is 0.507 e. The van der Waals surface area contributed by atoms with Gasteiger partial charge in [-0.3, -0.25) is 19.1 Å². The van der Waals surface area contributed by atoms with Crippen LogP contribution in [-0.2, 0) is 85.5 Å². The summed E-state index contributed by atoms with van der Waals surface area (Å²) in [4.78, 5) is 22.1. The maximum atomic E-state index is 12.9. The predicted molar refractivity (Wildman–Crippen MR) is 446 cm³/mol. The molecule has 2 N–H and O–H groups in total. The number of hydrogen-bond acceptors (Lipinski definition) is 6. The molecule has 8 aromatic carbocycles. The number of aromatic hydroxyl groups is 2. The molecule has 0 bridgehead atoms. The Morgan fingerprint density at radius 1 is 0.333 bits per heavy atom. The summed E-state index contributed by atoms with van der Waals surface area (Å²) in [6.45, 7) is 54.2. The number of fused-ring (bicyclic) bond motifs is 2. The van der Waals surface area contributed by atoms with Crippen LogP contribution in [0.1, 0.15) is 298 Å². The number of hydrogen-bond donors (Lipinski definition) is 2. The maximum Gasteiger partial charge on any atom is 0.148 e. The van der Waals surface area contributed by atoms with Crippen molar-refractivity contribution in [2.75, 3.05) is 0 Å². The summed E-state index contributed by atoms with van der Waals surface area (Å²) >= 11 is 0. The average Bonchev–Trinajstić information content (AvgIpc) is 1.56. The van der Waals surface area contributed by atoms with Crippen LogP contribution >= 0.6 is 0 Å². The van der Waals surface area contributed by atoms with E-state index in [1.165, 1.54) is 71.9 Å². The maximum absolute atomic E-state index is 12.9. The van der Waals surface area contributed by atoms with Crippen LogP contribution in [0, 0.1) is 12.1 Å². The number of benzene rings is 8. The Bertz CT molecular complexity index is 4800. The molecule has 0 unspecified atom stereocenters. The van der Waals surface area contributed by atoms with Gasteiger partial charge < -0.3 is 10.2 Å². The summed E-state index contributed by atoms with van der Waals surface area (Å²) in [5, 5.41) is 25.8. The SMILES string of the molecule is CC(C)(C)c1cc(-n2c(-c3cc(C(C)(C)C)cc(C(C)(C)C)c3O)nc3c(-c4[c-]c(-c5cc(-c6[c-]c(-c7cccc8c7nc(-c7cc(C(C)(C)C)cc(C(C)(C)C)c7O)n8-c7cc(C(C)(C)C)cc(C(C)(C)C)c7)cc(C7CCCCC7)c6)ncn5)cc(C5CCCCC5)c4)cccc32)cc(C(C)(C)C)c1.[Pt].[Pt]. The zero-order valence-corrected chi connectivity index (χ0v) is 73.7. The molecule has 3 aromatic heterocycles. The summed E-state index contributed by atoms with van der Waals surface area (Å²) in [5.74, 6) is 2.63. The smallest absolute Gasteiger partial charge is 0.148 e. The monoisotopic (exact) mass is 1800 g/mol. The van der Waals surface area contributed by atoms with Crippen molar-refractivity contribution < 1.29 is 52.3 Å². The average molecular weight is 1800 g/mol. The quantitative estimate of drug-likeness (QED) is 0.132. The molecule has 0 amide bonds. The van der Waals surface area contributed by atoms with Gasteiger partial charge in [0.2, 0.25) is 0 Å². The molecule has 574 valence electrons. The van der Waals surface area contributed by atoms with E-state index in [1.807, 2.05) is 0 Å². The van der Waals surface area contributed by atoms with Gasteiger partial charge in [-0.25, -0.2) is 9.97 Å². The fourth-order valence-corrected chi connectivity index (χ4v) is 16.1. The molecule has 11 aromatic rings. The fourth-order valence-electron chi connectivity index (χ4n) is 16.1. The molecule has 2 aliphatic rings. The van der Waals surface area contributed by atoms with E-state index in [1.54, 1.807) is 6.33 Å². The second kappa shape index (κ2) is 29.8. The minimum absolute atomic E-state index is 0. The van der Waals surface area contributed by atoms with Crippen LogP contribution in [0.5, 0.6) is 11.5 Å². The number of imidazole rings is 2. The molecule has 108 heavy (non-hydrogen) atoms. The van der Waals surface area contributed by atoms with E-state index >= 15 is 0 Å². The van der Waals surface area contributed by atoms with Crippen molar-refractivity contribution in [2.45, 2.75) is 286 Å². The van der Waals surface area contributed by atoms with Gasteiger partial charge in [0, 0.05) is 76.0 Å². The van der Waals surface area contributed by atoms with Crippen LogP contribution in [0.3, 0.4) is 0 Å². The van der Waals surface area contributed by atoms with Gasteiger partial charge in [-0.05, 0) is 163 Å². The van der Waals surface area contributed by atoms with Gasteiger partial charge in [0.05, 0.1) is 39.5 Å². The van der Waals surface area contributed by atoms with Gasteiger partial charge in [-0.15, -0.1) is 58.7 Å². The topological polar surface area (TPSA) is 102 Å². The molecular formula is C98H118N6O2Pt2-2. The normalized spacial score (nSPS) is 14.9. The van der Waals surface area contributed by atoms with Gasteiger partial charge >= 0.3 is 0 Å². The van der Waals surface area contributed by atoms with Crippen molar-refractivity contribution in [1.82, 2.24) is 29.1 Å². The van der Waals surface area contributed by atoms with Crippen molar-refractivity contribution in [3.05, 3.63) is 201 Å². The number of rotatable bonds is 10. The fraction of sp³-hybridized carbons (Fsp3) is 0.449. The first-order chi connectivity index (χ1) is 49.4. The molecule has 0 aliphatic heterocycles. The van der Waals surface area contributed by atoms with E-state index in [0.29, 0.717) is 34.6 Å². The summed E-state index contributed by atoms with van der Waals surface area (Å²) in [6, 6.07) is 55.9. The molecule has 13 rings (SSSR count). The zero-order valence-electron chi connectivity index (χ0n) is 69.1. The standard InChI is InChI=1S/C98H118N6O2.2Pt/c1-91(2,3)67-47-68(92(4,5)6)50-73(49-67)103-83-39-31-37-75(85(83)101-89(103)77-53-71(95(13,14)15)55-79(87(77)105)97(19,20)21)63-41-61(59-33-27-25-28-34-59)43-65(45-63)81-57-82(100-58-99-81)66-44-62(60-35-29-26-30-36-60)42-64(46-66)76-38-32-40-84-86(76)102-90(78-54-72(96(16,17)18)56-80(88(78)106)98(22,23)24)104(84)74-51-69(93(7,8)9)48-70(52-74)94(10,11)12;;/h31-32,37-44,47-60,105-106H,25-30,33-36H2,1-24H3;;/q-2;;.